The number of hydrogen-bond donors (Lipinski definition) is 0. The van der Waals surface area contributed by atoms with E-state index < -0.39 is 0 Å². The largest absolute Gasteiger partial charge is 0.320 e. The number of hydrogen-bond acceptors (Lipinski definition) is 0. The first-order chi connectivity index (χ1) is 17.9. The van der Waals surface area contributed by atoms with E-state index in [1.807, 2.05) is 0 Å². The molecular weight excluding hydrogens is 446 g/mol. The molecule has 2 rings (SSSR count). The van der Waals surface area contributed by atoms with Crippen molar-refractivity contribution in [3.8, 4) is 0 Å². The van der Waals surface area contributed by atoms with E-state index in [-0.39, 0.29) is 0 Å². The van der Waals surface area contributed by atoms with Crippen LogP contribution < -0.4 is 0 Å². The highest BCUT2D eigenvalue weighted by Gasteiger charge is 2.26. The van der Waals surface area contributed by atoms with Crippen molar-refractivity contribution in [2.45, 2.75) is 111 Å². The van der Waals surface area contributed by atoms with E-state index in [1.54, 1.807) is 0 Å². The van der Waals surface area contributed by atoms with Gasteiger partial charge in [0.25, 0.3) is 0 Å². The lowest BCUT2D eigenvalue weighted by atomic mass is 9.97. The summed E-state index contributed by atoms with van der Waals surface area (Å²) in [7, 11) is 0. The molecule has 0 aliphatic heterocycles. The molecule has 37 heavy (non-hydrogen) atoms. The standard InChI is InChI=1S/C26H44N.C10H14/c1-6-10-13-20-27(21-14-11-7-2,22-15-12-8-3)23-25-16-18-26(19-17-25)24(5)9-4;1-3-9(2)10-7-5-4-6-8-10/h6-7,16-19,24H,1-2,8-15,20-23H2,3-5H3;4-9H,3H2,1-2H3/q+1;. The van der Waals surface area contributed by atoms with Gasteiger partial charge >= 0.3 is 0 Å². The number of benzene rings is 2. The molecule has 0 aromatic heterocycles. The van der Waals surface area contributed by atoms with Crippen LogP contribution in [0.4, 0.5) is 0 Å². The Morgan fingerprint density at radius 2 is 1.14 bits per heavy atom. The van der Waals surface area contributed by atoms with Crippen LogP contribution in [-0.2, 0) is 6.54 Å². The molecule has 0 aliphatic rings. The van der Waals surface area contributed by atoms with Gasteiger partial charge in [-0.2, -0.15) is 0 Å². The smallest absolute Gasteiger partial charge is 0.104 e. The molecule has 0 saturated heterocycles. The van der Waals surface area contributed by atoms with Crippen LogP contribution in [0.5, 0.6) is 0 Å². The molecule has 2 unspecified atom stereocenters. The van der Waals surface area contributed by atoms with E-state index in [0.29, 0.717) is 11.8 Å². The van der Waals surface area contributed by atoms with Crippen LogP contribution in [0, 0.1) is 0 Å². The summed E-state index contributed by atoms with van der Waals surface area (Å²) < 4.78 is 1.23. The Kier molecular flexibility index (Phi) is 17.7. The molecule has 1 nitrogen and oxygen atoms in total. The monoisotopic (exact) mass is 504 g/mol. The first kappa shape index (κ1) is 32.9. The fourth-order valence-electron chi connectivity index (χ4n) is 5.00. The Morgan fingerprint density at radius 1 is 0.649 bits per heavy atom. The summed E-state index contributed by atoms with van der Waals surface area (Å²) >= 11 is 0. The molecule has 206 valence electrons. The highest BCUT2D eigenvalue weighted by atomic mass is 15.3. The number of rotatable bonds is 18. The topological polar surface area (TPSA) is 0 Å². The van der Waals surface area contributed by atoms with Crippen molar-refractivity contribution in [2.75, 3.05) is 19.6 Å². The van der Waals surface area contributed by atoms with Crippen molar-refractivity contribution < 1.29 is 4.48 Å². The molecule has 0 fully saturated rings. The van der Waals surface area contributed by atoms with E-state index in [2.05, 4.69) is 115 Å². The van der Waals surface area contributed by atoms with Crippen molar-refractivity contribution in [1.82, 2.24) is 0 Å². The van der Waals surface area contributed by atoms with Gasteiger partial charge in [-0.15, -0.1) is 13.2 Å². The molecule has 2 aromatic rings. The molecule has 0 spiro atoms. The average Bonchev–Trinajstić information content (AvgIpc) is 2.94. The molecular formula is C36H58N+. The zero-order valence-corrected chi connectivity index (χ0v) is 25.1. The van der Waals surface area contributed by atoms with E-state index in [9.17, 15) is 0 Å². The second-order valence-electron chi connectivity index (χ2n) is 11.0. The van der Waals surface area contributed by atoms with Gasteiger partial charge in [-0.3, -0.25) is 0 Å². The minimum Gasteiger partial charge on any atom is -0.320 e. The summed E-state index contributed by atoms with van der Waals surface area (Å²) in [6, 6.07) is 20.1. The molecule has 0 heterocycles. The van der Waals surface area contributed by atoms with Crippen LogP contribution in [0.3, 0.4) is 0 Å². The lowest BCUT2D eigenvalue weighted by Gasteiger charge is -2.39. The maximum atomic E-state index is 3.93. The minimum absolute atomic E-state index is 0.656. The molecule has 1 heteroatoms. The van der Waals surface area contributed by atoms with Crippen LogP contribution in [0.25, 0.3) is 0 Å². The molecule has 2 atom stereocenters. The summed E-state index contributed by atoms with van der Waals surface area (Å²) in [5.74, 6) is 1.37. The molecule has 0 bridgehead atoms. The maximum Gasteiger partial charge on any atom is 0.104 e. The SMILES string of the molecule is C=CCCC[N+](CCCC=C)(CCCCC)Cc1ccc(C(C)CC)cc1.CCC(C)c1ccccc1. The van der Waals surface area contributed by atoms with Gasteiger partial charge < -0.3 is 4.48 Å². The van der Waals surface area contributed by atoms with Crippen molar-refractivity contribution in [3.63, 3.8) is 0 Å². The maximum absolute atomic E-state index is 3.93. The predicted molar refractivity (Wildman–Crippen MR) is 167 cm³/mol. The van der Waals surface area contributed by atoms with Crippen molar-refractivity contribution in [1.29, 1.82) is 0 Å². The molecule has 0 N–H and O–H groups in total. The fourth-order valence-corrected chi connectivity index (χ4v) is 5.00. The fraction of sp³-hybridized carbons (Fsp3) is 0.556. The Labute approximate surface area is 231 Å². The van der Waals surface area contributed by atoms with Gasteiger partial charge in [0, 0.05) is 18.4 Å². The third-order valence-corrected chi connectivity index (χ3v) is 7.98. The van der Waals surface area contributed by atoms with Crippen molar-refractivity contribution >= 4 is 0 Å². The van der Waals surface area contributed by atoms with E-state index in [0.717, 1.165) is 12.8 Å². The number of quaternary nitrogens is 1. The van der Waals surface area contributed by atoms with Gasteiger partial charge in [-0.1, -0.05) is 108 Å². The second kappa shape index (κ2) is 19.9. The van der Waals surface area contributed by atoms with Gasteiger partial charge in [0.05, 0.1) is 19.6 Å². The van der Waals surface area contributed by atoms with Crippen LogP contribution in [0.1, 0.15) is 121 Å². The lowest BCUT2D eigenvalue weighted by molar-refractivity contribution is -0.941. The second-order valence-corrected chi connectivity index (χ2v) is 11.0. The summed E-state index contributed by atoms with van der Waals surface area (Å²) in [5.41, 5.74) is 4.42. The highest BCUT2D eigenvalue weighted by Crippen LogP contribution is 2.23. The van der Waals surface area contributed by atoms with Gasteiger partial charge in [0.15, 0.2) is 0 Å². The highest BCUT2D eigenvalue weighted by molar-refractivity contribution is 5.24. The number of allylic oxidation sites excluding steroid dienone is 2. The summed E-state index contributed by atoms with van der Waals surface area (Å²) in [6.07, 6.45) is 15.3. The molecule has 0 aliphatic carbocycles. The van der Waals surface area contributed by atoms with Gasteiger partial charge in [0.2, 0.25) is 0 Å². The lowest BCUT2D eigenvalue weighted by Crippen LogP contribution is -2.49. The van der Waals surface area contributed by atoms with Crippen LogP contribution in [0.15, 0.2) is 79.9 Å². The van der Waals surface area contributed by atoms with Crippen molar-refractivity contribution in [3.05, 3.63) is 96.6 Å². The summed E-state index contributed by atoms with van der Waals surface area (Å²) in [4.78, 5) is 0. The zero-order chi connectivity index (χ0) is 27.4. The summed E-state index contributed by atoms with van der Waals surface area (Å²) in [6.45, 7) is 24.2. The zero-order valence-electron chi connectivity index (χ0n) is 25.1. The van der Waals surface area contributed by atoms with E-state index in [1.165, 1.54) is 92.3 Å². The average molecular weight is 505 g/mol. The third-order valence-electron chi connectivity index (χ3n) is 7.98. The molecule has 2 aromatic carbocycles. The van der Waals surface area contributed by atoms with Gasteiger partial charge in [-0.25, -0.2) is 0 Å². The minimum atomic E-state index is 0.656. The van der Waals surface area contributed by atoms with Crippen LogP contribution in [0.2, 0.25) is 0 Å². The Hall–Kier alpha value is -2.12. The van der Waals surface area contributed by atoms with Crippen LogP contribution >= 0.6 is 0 Å². The normalized spacial score (nSPS) is 12.8. The number of nitrogens with zero attached hydrogens (tertiary/aromatic N) is 1. The predicted octanol–water partition coefficient (Wildman–Crippen LogP) is 10.8. The molecule has 0 radical (unpaired) electrons. The number of unbranched alkanes of at least 4 members (excludes halogenated alkanes) is 4. The Morgan fingerprint density at radius 3 is 1.59 bits per heavy atom. The first-order valence-electron chi connectivity index (χ1n) is 15.2. The first-order valence-corrected chi connectivity index (χ1v) is 15.2. The Balaban J connectivity index is 0.000000568. The van der Waals surface area contributed by atoms with Gasteiger partial charge in [0.1, 0.15) is 6.54 Å². The van der Waals surface area contributed by atoms with Crippen LogP contribution in [-0.4, -0.2) is 24.1 Å². The van der Waals surface area contributed by atoms with E-state index in [4.69, 9.17) is 0 Å². The molecule has 0 amide bonds. The third kappa shape index (κ3) is 13.3. The van der Waals surface area contributed by atoms with E-state index >= 15 is 0 Å². The van der Waals surface area contributed by atoms with Gasteiger partial charge in [-0.05, 0) is 61.5 Å². The summed E-state index contributed by atoms with van der Waals surface area (Å²) in [5, 5.41) is 0. The van der Waals surface area contributed by atoms with Crippen molar-refractivity contribution in [2.24, 2.45) is 0 Å². The quantitative estimate of drug-likeness (QED) is 0.108. The molecule has 0 saturated carbocycles. The Bertz CT molecular complexity index is 806.